The van der Waals surface area contributed by atoms with Crippen LogP contribution in [0.25, 0.3) is 0 Å². The summed E-state index contributed by atoms with van der Waals surface area (Å²) in [5.74, 6) is 0. The minimum atomic E-state index is -3.75. The summed E-state index contributed by atoms with van der Waals surface area (Å²) in [5.41, 5.74) is 6.37. The third-order valence-corrected chi connectivity index (χ3v) is 4.70. The molecule has 2 aromatic rings. The summed E-state index contributed by atoms with van der Waals surface area (Å²) in [6.45, 7) is 0. The SMILES string of the molecule is Cn1nccc1S(=O)(=O)Nc1ccc(Br)cc1C(N)=S. The summed E-state index contributed by atoms with van der Waals surface area (Å²) in [6, 6.07) is 6.35. The maximum atomic E-state index is 12.3. The normalized spacial score (nSPS) is 11.3. The summed E-state index contributed by atoms with van der Waals surface area (Å²) < 4.78 is 29.0. The van der Waals surface area contributed by atoms with Crippen molar-refractivity contribution in [2.45, 2.75) is 5.03 Å². The molecule has 0 amide bonds. The molecular formula is C11H11BrN4O2S2. The molecule has 0 aliphatic heterocycles. The van der Waals surface area contributed by atoms with Crippen molar-refractivity contribution in [1.82, 2.24) is 9.78 Å². The second-order valence-corrected chi connectivity index (χ2v) is 6.94. The van der Waals surface area contributed by atoms with Crippen molar-refractivity contribution in [2.24, 2.45) is 12.8 Å². The van der Waals surface area contributed by atoms with Crippen LogP contribution >= 0.6 is 28.1 Å². The van der Waals surface area contributed by atoms with Gasteiger partial charge in [-0.05, 0) is 24.3 Å². The molecule has 1 aromatic heterocycles. The van der Waals surface area contributed by atoms with Crippen LogP contribution in [0.2, 0.25) is 0 Å². The van der Waals surface area contributed by atoms with Gasteiger partial charge in [-0.2, -0.15) is 13.5 Å². The molecule has 0 radical (unpaired) electrons. The first-order valence-electron chi connectivity index (χ1n) is 5.41. The number of nitrogens with one attached hydrogen (secondary N) is 1. The number of nitrogens with zero attached hydrogens (tertiary/aromatic N) is 2. The lowest BCUT2D eigenvalue weighted by atomic mass is 10.2. The summed E-state index contributed by atoms with van der Waals surface area (Å²) in [4.78, 5) is 0.106. The first-order chi connectivity index (χ1) is 9.31. The average Bonchev–Trinajstić information content (AvgIpc) is 2.78. The molecule has 20 heavy (non-hydrogen) atoms. The lowest BCUT2D eigenvalue weighted by Gasteiger charge is -2.12. The molecule has 1 aromatic carbocycles. The summed E-state index contributed by atoms with van der Waals surface area (Å²) in [5, 5.41) is 3.89. The Balaban J connectivity index is 2.45. The number of sulfonamides is 1. The van der Waals surface area contributed by atoms with Gasteiger partial charge < -0.3 is 5.73 Å². The maximum Gasteiger partial charge on any atom is 0.279 e. The fourth-order valence-electron chi connectivity index (χ4n) is 1.63. The summed E-state index contributed by atoms with van der Waals surface area (Å²) in [7, 11) is -2.20. The highest BCUT2D eigenvalue weighted by atomic mass is 79.9. The van der Waals surface area contributed by atoms with E-state index in [1.54, 1.807) is 25.2 Å². The van der Waals surface area contributed by atoms with Crippen LogP contribution in [0, 0.1) is 0 Å². The highest BCUT2D eigenvalue weighted by Crippen LogP contribution is 2.23. The highest BCUT2D eigenvalue weighted by molar-refractivity contribution is 9.10. The van der Waals surface area contributed by atoms with Crippen LogP contribution in [-0.4, -0.2) is 23.2 Å². The van der Waals surface area contributed by atoms with Gasteiger partial charge in [-0.3, -0.25) is 9.40 Å². The zero-order valence-electron chi connectivity index (χ0n) is 10.4. The van der Waals surface area contributed by atoms with Crippen molar-refractivity contribution in [3.05, 3.63) is 40.5 Å². The third kappa shape index (κ3) is 3.00. The largest absolute Gasteiger partial charge is 0.389 e. The quantitative estimate of drug-likeness (QED) is 0.793. The van der Waals surface area contributed by atoms with Gasteiger partial charge in [0.2, 0.25) is 0 Å². The molecule has 0 atom stereocenters. The third-order valence-electron chi connectivity index (χ3n) is 2.54. The number of hydrogen-bond donors (Lipinski definition) is 2. The minimum Gasteiger partial charge on any atom is -0.389 e. The first-order valence-corrected chi connectivity index (χ1v) is 8.10. The molecule has 2 rings (SSSR count). The van der Waals surface area contributed by atoms with Gasteiger partial charge in [-0.1, -0.05) is 28.1 Å². The van der Waals surface area contributed by atoms with Crippen LogP contribution in [0.4, 0.5) is 5.69 Å². The van der Waals surface area contributed by atoms with Gasteiger partial charge in [0.1, 0.15) is 4.99 Å². The molecule has 0 fully saturated rings. The van der Waals surface area contributed by atoms with E-state index in [4.69, 9.17) is 18.0 Å². The lowest BCUT2D eigenvalue weighted by Crippen LogP contribution is -2.20. The molecule has 0 unspecified atom stereocenters. The van der Waals surface area contributed by atoms with Gasteiger partial charge in [0.25, 0.3) is 10.0 Å². The molecule has 1 heterocycles. The molecule has 9 heteroatoms. The second kappa shape index (κ2) is 5.51. The number of aromatic nitrogens is 2. The van der Waals surface area contributed by atoms with Gasteiger partial charge in [-0.25, -0.2) is 0 Å². The molecule has 6 nitrogen and oxygen atoms in total. The van der Waals surface area contributed by atoms with Crippen molar-refractivity contribution in [1.29, 1.82) is 0 Å². The Bertz CT molecular complexity index is 770. The molecule has 3 N–H and O–H groups in total. The average molecular weight is 375 g/mol. The van der Waals surface area contributed by atoms with Gasteiger partial charge in [0.05, 0.1) is 11.9 Å². The van der Waals surface area contributed by atoms with Crippen LogP contribution in [0.3, 0.4) is 0 Å². The molecule has 0 saturated carbocycles. The van der Waals surface area contributed by atoms with Crippen molar-refractivity contribution in [3.63, 3.8) is 0 Å². The molecule has 0 aliphatic carbocycles. The van der Waals surface area contributed by atoms with Crippen LogP contribution in [0.5, 0.6) is 0 Å². The standard InChI is InChI=1S/C11H11BrN4O2S2/c1-16-10(4-5-14-16)20(17,18)15-9-3-2-7(12)6-8(9)11(13)19/h2-6,15H,1H3,(H2,13,19). The number of aryl methyl sites for hydroxylation is 1. The predicted octanol–water partition coefficient (Wildman–Crippen LogP) is 1.62. The Morgan fingerprint density at radius 2 is 2.15 bits per heavy atom. The minimum absolute atomic E-state index is 0.0503. The molecule has 0 saturated heterocycles. The molecule has 106 valence electrons. The van der Waals surface area contributed by atoms with E-state index in [0.717, 1.165) is 4.47 Å². The van der Waals surface area contributed by atoms with Crippen molar-refractivity contribution >= 4 is 48.8 Å². The van der Waals surface area contributed by atoms with Gasteiger partial charge >= 0.3 is 0 Å². The maximum absolute atomic E-state index is 12.3. The molecule has 0 bridgehead atoms. The number of halogens is 1. The second-order valence-electron chi connectivity index (χ2n) is 3.95. The van der Waals surface area contributed by atoms with Crippen LogP contribution < -0.4 is 10.5 Å². The van der Waals surface area contributed by atoms with E-state index in [0.29, 0.717) is 11.3 Å². The Hall–Kier alpha value is -1.45. The number of rotatable bonds is 4. The summed E-state index contributed by atoms with van der Waals surface area (Å²) >= 11 is 8.22. The van der Waals surface area contributed by atoms with E-state index < -0.39 is 10.0 Å². The lowest BCUT2D eigenvalue weighted by molar-refractivity contribution is 0.582. The first kappa shape index (κ1) is 14.9. The van der Waals surface area contributed by atoms with E-state index in [1.807, 2.05) is 0 Å². The van der Waals surface area contributed by atoms with Gasteiger partial charge in [-0.15, -0.1) is 0 Å². The number of thiocarbonyl (C=S) groups is 1. The smallest absolute Gasteiger partial charge is 0.279 e. The van der Waals surface area contributed by atoms with Gasteiger partial charge in [0.15, 0.2) is 5.03 Å². The van der Waals surface area contributed by atoms with E-state index in [2.05, 4.69) is 25.8 Å². The number of hydrogen-bond acceptors (Lipinski definition) is 4. The van der Waals surface area contributed by atoms with E-state index in [9.17, 15) is 8.42 Å². The molecule has 0 spiro atoms. The zero-order chi connectivity index (χ0) is 14.9. The van der Waals surface area contributed by atoms with Crippen LogP contribution in [0.15, 0.2) is 40.0 Å². The van der Waals surface area contributed by atoms with Crippen LogP contribution in [-0.2, 0) is 17.1 Å². The number of benzene rings is 1. The number of anilines is 1. The van der Waals surface area contributed by atoms with E-state index >= 15 is 0 Å². The number of nitrogens with two attached hydrogens (primary N) is 1. The van der Waals surface area contributed by atoms with Crippen LogP contribution in [0.1, 0.15) is 5.56 Å². The predicted molar refractivity (Wildman–Crippen MR) is 84.0 cm³/mol. The molecular weight excluding hydrogens is 364 g/mol. The van der Waals surface area contributed by atoms with Crippen molar-refractivity contribution in [3.8, 4) is 0 Å². The summed E-state index contributed by atoms with van der Waals surface area (Å²) in [6.07, 6.45) is 1.41. The highest BCUT2D eigenvalue weighted by Gasteiger charge is 2.20. The van der Waals surface area contributed by atoms with Crippen molar-refractivity contribution < 1.29 is 8.42 Å². The topological polar surface area (TPSA) is 90.0 Å². The van der Waals surface area contributed by atoms with E-state index in [-0.39, 0.29) is 10.0 Å². The Labute approximate surface area is 130 Å². The zero-order valence-corrected chi connectivity index (χ0v) is 13.6. The van der Waals surface area contributed by atoms with E-state index in [1.165, 1.54) is 16.9 Å². The fraction of sp³-hybridized carbons (Fsp3) is 0.0909. The molecule has 0 aliphatic rings. The fourth-order valence-corrected chi connectivity index (χ4v) is 3.37. The van der Waals surface area contributed by atoms with Gasteiger partial charge in [0, 0.05) is 17.1 Å². The van der Waals surface area contributed by atoms with Crippen molar-refractivity contribution in [2.75, 3.05) is 4.72 Å². The monoisotopic (exact) mass is 374 g/mol. The Morgan fingerprint density at radius 3 is 2.70 bits per heavy atom. The Morgan fingerprint density at radius 1 is 1.45 bits per heavy atom. The Kier molecular flexibility index (Phi) is 4.11.